The number of fused-ring (bicyclic) bond motifs is 1. The van der Waals surface area contributed by atoms with Gasteiger partial charge >= 0.3 is 6.09 Å². The van der Waals surface area contributed by atoms with Gasteiger partial charge in [0, 0.05) is 46.8 Å². The Morgan fingerprint density at radius 1 is 0.972 bits per heavy atom. The Kier molecular flexibility index (Phi) is 7.82. The van der Waals surface area contributed by atoms with Gasteiger partial charge in [0.25, 0.3) is 5.91 Å². The Hall–Kier alpha value is -3.55. The molecule has 0 unspecified atom stereocenters. The summed E-state index contributed by atoms with van der Waals surface area (Å²) in [4.78, 5) is 27.4. The van der Waals surface area contributed by atoms with Crippen LogP contribution in [-0.2, 0) is 6.54 Å². The highest BCUT2D eigenvalue weighted by Crippen LogP contribution is 2.35. The first-order valence-electron chi connectivity index (χ1n) is 11.4. The van der Waals surface area contributed by atoms with E-state index in [0.717, 1.165) is 11.1 Å². The summed E-state index contributed by atoms with van der Waals surface area (Å²) in [6.45, 7) is 5.16. The second-order valence-corrected chi connectivity index (χ2v) is 8.97. The van der Waals surface area contributed by atoms with Crippen molar-refractivity contribution < 1.29 is 18.7 Å². The molecule has 0 saturated carbocycles. The van der Waals surface area contributed by atoms with E-state index in [-0.39, 0.29) is 17.1 Å². The Morgan fingerprint density at radius 3 is 2.28 bits per heavy atom. The topological polar surface area (TPSA) is 63.6 Å². The molecule has 6 nitrogen and oxygen atoms in total. The summed E-state index contributed by atoms with van der Waals surface area (Å²) in [6.07, 6.45) is 1.34. The molecule has 186 valence electrons. The second kappa shape index (κ2) is 11.0. The molecule has 3 aromatic carbocycles. The van der Waals surface area contributed by atoms with Gasteiger partial charge in [0.05, 0.1) is 11.2 Å². The van der Waals surface area contributed by atoms with Gasteiger partial charge < -0.3 is 19.5 Å². The molecule has 0 atom stereocenters. The number of halogens is 3. The van der Waals surface area contributed by atoms with Crippen molar-refractivity contribution in [2.75, 3.05) is 18.4 Å². The Labute approximate surface area is 218 Å². The molecule has 4 rings (SSSR count). The number of carbonyl (C=O) groups excluding carboxylic acids is 2. The van der Waals surface area contributed by atoms with Crippen LogP contribution in [0.3, 0.4) is 0 Å². The highest BCUT2D eigenvalue weighted by molar-refractivity contribution is 6.35. The zero-order valence-corrected chi connectivity index (χ0v) is 21.2. The van der Waals surface area contributed by atoms with Crippen molar-refractivity contribution in [2.45, 2.75) is 20.4 Å². The van der Waals surface area contributed by atoms with E-state index >= 15 is 0 Å². The molecular formula is C27H24Cl2FN3O3. The second-order valence-electron chi connectivity index (χ2n) is 8.09. The Balaban J connectivity index is 1.74. The zero-order valence-electron chi connectivity index (χ0n) is 19.7. The number of amides is 2. The molecule has 0 saturated heterocycles. The third-order valence-electron chi connectivity index (χ3n) is 5.76. The standard InChI is InChI=1S/C27H24Cl2FN3O3/c1-3-32(4-2)27(35)36-24-10-9-23-22(11-12-33(23)16-17-5-7-21(30)8-6-17)25(24)31-26(34)18-13-19(28)15-20(29)14-18/h5-15H,3-4,16H2,1-2H3,(H,31,34). The van der Waals surface area contributed by atoms with Gasteiger partial charge in [-0.05, 0) is 67.9 Å². The van der Waals surface area contributed by atoms with Gasteiger partial charge in [-0.3, -0.25) is 4.79 Å². The van der Waals surface area contributed by atoms with E-state index in [1.807, 2.05) is 36.7 Å². The number of rotatable bonds is 7. The summed E-state index contributed by atoms with van der Waals surface area (Å²) >= 11 is 12.2. The summed E-state index contributed by atoms with van der Waals surface area (Å²) < 4.78 is 21.0. The molecule has 4 aromatic rings. The van der Waals surface area contributed by atoms with Crippen LogP contribution in [0.4, 0.5) is 14.9 Å². The van der Waals surface area contributed by atoms with Gasteiger partial charge in [-0.15, -0.1) is 0 Å². The van der Waals surface area contributed by atoms with Gasteiger partial charge in [0.1, 0.15) is 5.82 Å². The minimum Gasteiger partial charge on any atom is -0.408 e. The smallest absolute Gasteiger partial charge is 0.408 e. The molecular weight excluding hydrogens is 504 g/mol. The highest BCUT2D eigenvalue weighted by Gasteiger charge is 2.20. The van der Waals surface area contributed by atoms with Crippen LogP contribution in [-0.4, -0.2) is 34.6 Å². The normalized spacial score (nSPS) is 10.9. The molecule has 0 radical (unpaired) electrons. The van der Waals surface area contributed by atoms with Crippen molar-refractivity contribution in [3.8, 4) is 5.75 Å². The lowest BCUT2D eigenvalue weighted by atomic mass is 10.1. The average molecular weight is 528 g/mol. The average Bonchev–Trinajstić information content (AvgIpc) is 3.25. The Bertz CT molecular complexity index is 1400. The third-order valence-corrected chi connectivity index (χ3v) is 6.20. The number of hydrogen-bond donors (Lipinski definition) is 1. The van der Waals surface area contributed by atoms with Crippen molar-refractivity contribution >= 4 is 51.8 Å². The summed E-state index contributed by atoms with van der Waals surface area (Å²) in [6, 6.07) is 16.1. The van der Waals surface area contributed by atoms with Crippen LogP contribution in [0, 0.1) is 5.82 Å². The molecule has 1 aromatic heterocycles. The lowest BCUT2D eigenvalue weighted by Crippen LogP contribution is -2.33. The molecule has 1 N–H and O–H groups in total. The minimum absolute atomic E-state index is 0.209. The van der Waals surface area contributed by atoms with Crippen LogP contribution >= 0.6 is 23.2 Å². The highest BCUT2D eigenvalue weighted by atomic mass is 35.5. The predicted molar refractivity (Wildman–Crippen MR) is 141 cm³/mol. The molecule has 9 heteroatoms. The lowest BCUT2D eigenvalue weighted by molar-refractivity contribution is 0.102. The summed E-state index contributed by atoms with van der Waals surface area (Å²) in [5.74, 6) is -0.555. The van der Waals surface area contributed by atoms with Crippen LogP contribution in [0.25, 0.3) is 10.9 Å². The largest absolute Gasteiger partial charge is 0.415 e. The van der Waals surface area contributed by atoms with Gasteiger partial charge in [0.2, 0.25) is 0 Å². The molecule has 0 spiro atoms. The fraction of sp³-hybridized carbons (Fsp3) is 0.185. The fourth-order valence-corrected chi connectivity index (χ4v) is 4.43. The van der Waals surface area contributed by atoms with Crippen LogP contribution in [0.2, 0.25) is 10.0 Å². The van der Waals surface area contributed by atoms with Crippen molar-refractivity contribution in [1.29, 1.82) is 0 Å². The first-order chi connectivity index (χ1) is 17.3. The maximum atomic E-state index is 13.3. The van der Waals surface area contributed by atoms with E-state index in [0.29, 0.717) is 40.8 Å². The van der Waals surface area contributed by atoms with Crippen molar-refractivity contribution in [3.63, 3.8) is 0 Å². The molecule has 0 aliphatic carbocycles. The van der Waals surface area contributed by atoms with Crippen molar-refractivity contribution in [2.24, 2.45) is 0 Å². The number of nitrogens with one attached hydrogen (secondary N) is 1. The molecule has 0 fully saturated rings. The molecule has 2 amide bonds. The van der Waals surface area contributed by atoms with Crippen LogP contribution in [0.1, 0.15) is 29.8 Å². The van der Waals surface area contributed by atoms with E-state index in [9.17, 15) is 14.0 Å². The Morgan fingerprint density at radius 2 is 1.64 bits per heavy atom. The monoisotopic (exact) mass is 527 g/mol. The van der Waals surface area contributed by atoms with Gasteiger partial charge in [-0.25, -0.2) is 9.18 Å². The summed E-state index contributed by atoms with van der Waals surface area (Å²) in [5, 5.41) is 4.19. The fourth-order valence-electron chi connectivity index (χ4n) is 3.90. The molecule has 0 aliphatic heterocycles. The molecule has 1 heterocycles. The number of carbonyl (C=O) groups is 2. The molecule has 0 aliphatic rings. The summed E-state index contributed by atoms with van der Waals surface area (Å²) in [7, 11) is 0. The SMILES string of the molecule is CCN(CC)C(=O)Oc1ccc2c(ccn2Cc2ccc(F)cc2)c1NC(=O)c1cc(Cl)cc(Cl)c1. The maximum absolute atomic E-state index is 13.3. The molecule has 36 heavy (non-hydrogen) atoms. The lowest BCUT2D eigenvalue weighted by Gasteiger charge is -2.20. The van der Waals surface area contributed by atoms with E-state index < -0.39 is 12.0 Å². The van der Waals surface area contributed by atoms with Crippen LogP contribution < -0.4 is 10.1 Å². The van der Waals surface area contributed by atoms with Crippen molar-refractivity contribution in [1.82, 2.24) is 9.47 Å². The van der Waals surface area contributed by atoms with E-state index in [2.05, 4.69) is 5.32 Å². The van der Waals surface area contributed by atoms with Crippen LogP contribution in [0.5, 0.6) is 5.75 Å². The minimum atomic E-state index is -0.522. The van der Waals surface area contributed by atoms with Gasteiger partial charge in [-0.2, -0.15) is 0 Å². The van der Waals surface area contributed by atoms with Crippen molar-refractivity contribution in [3.05, 3.63) is 93.8 Å². The number of hydrogen-bond acceptors (Lipinski definition) is 3. The maximum Gasteiger partial charge on any atom is 0.415 e. The number of benzene rings is 3. The van der Waals surface area contributed by atoms with E-state index in [1.165, 1.54) is 35.2 Å². The van der Waals surface area contributed by atoms with Gasteiger partial charge in [0.15, 0.2) is 5.75 Å². The zero-order chi connectivity index (χ0) is 25.8. The number of anilines is 1. The van der Waals surface area contributed by atoms with Crippen LogP contribution in [0.15, 0.2) is 66.9 Å². The van der Waals surface area contributed by atoms with Gasteiger partial charge in [-0.1, -0.05) is 35.3 Å². The predicted octanol–water partition coefficient (Wildman–Crippen LogP) is 7.23. The van der Waals surface area contributed by atoms with E-state index in [4.69, 9.17) is 27.9 Å². The number of aromatic nitrogens is 1. The molecule has 0 bridgehead atoms. The number of nitrogens with zero attached hydrogens (tertiary/aromatic N) is 2. The third kappa shape index (κ3) is 5.64. The first-order valence-corrected chi connectivity index (χ1v) is 12.1. The first kappa shape index (κ1) is 25.5. The summed E-state index contributed by atoms with van der Waals surface area (Å²) in [5.41, 5.74) is 2.30. The van der Waals surface area contributed by atoms with E-state index in [1.54, 1.807) is 18.2 Å². The number of ether oxygens (including phenoxy) is 1. The quantitative estimate of drug-likeness (QED) is 0.275.